The summed E-state index contributed by atoms with van der Waals surface area (Å²) in [5.41, 5.74) is 3.46. The molecule has 0 fully saturated rings. The highest BCUT2D eigenvalue weighted by Gasteiger charge is 2.08. The van der Waals surface area contributed by atoms with Gasteiger partial charge in [0, 0.05) is 17.3 Å². The molecule has 1 aromatic carbocycles. The number of aromatic nitrogens is 3. The van der Waals surface area contributed by atoms with E-state index < -0.39 is 0 Å². The Labute approximate surface area is 104 Å². The number of aryl methyl sites for hydroxylation is 1. The Morgan fingerprint density at radius 1 is 1.17 bits per heavy atom. The monoisotopic (exact) mass is 237 g/mol. The maximum atomic E-state index is 10.7. The summed E-state index contributed by atoms with van der Waals surface area (Å²) < 4.78 is 1.63. The average Bonchev–Trinajstić information content (AvgIpc) is 2.81. The Kier molecular flexibility index (Phi) is 2.41. The van der Waals surface area contributed by atoms with Gasteiger partial charge < -0.3 is 0 Å². The topological polar surface area (TPSA) is 47.3 Å². The third kappa shape index (κ3) is 1.68. The molecular formula is C14H11N3O. The van der Waals surface area contributed by atoms with Crippen molar-refractivity contribution in [1.29, 1.82) is 0 Å². The number of rotatable bonds is 2. The van der Waals surface area contributed by atoms with Crippen molar-refractivity contribution in [2.24, 2.45) is 0 Å². The van der Waals surface area contributed by atoms with Gasteiger partial charge in [-0.15, -0.1) is 5.10 Å². The standard InChI is InChI=1S/C14H11N3O/c1-10-4-2-3-5-12(10)14-15-13-7-6-11(9-18)8-17(13)16-14/h2-9H,1H3. The highest BCUT2D eigenvalue weighted by molar-refractivity contribution is 5.75. The van der Waals surface area contributed by atoms with E-state index in [1.807, 2.05) is 31.2 Å². The number of benzene rings is 1. The van der Waals surface area contributed by atoms with Crippen LogP contribution >= 0.6 is 0 Å². The first-order valence-corrected chi connectivity index (χ1v) is 5.65. The van der Waals surface area contributed by atoms with Gasteiger partial charge in [0.25, 0.3) is 0 Å². The third-order valence-corrected chi connectivity index (χ3v) is 2.88. The van der Waals surface area contributed by atoms with Crippen molar-refractivity contribution in [2.75, 3.05) is 0 Å². The number of hydrogen-bond donors (Lipinski definition) is 0. The maximum absolute atomic E-state index is 10.7. The molecule has 0 bridgehead atoms. The Morgan fingerprint density at radius 2 is 2.00 bits per heavy atom. The summed E-state index contributed by atoms with van der Waals surface area (Å²) in [7, 11) is 0. The molecule has 0 radical (unpaired) electrons. The van der Waals surface area contributed by atoms with E-state index in [2.05, 4.69) is 10.1 Å². The van der Waals surface area contributed by atoms with Gasteiger partial charge >= 0.3 is 0 Å². The highest BCUT2D eigenvalue weighted by Crippen LogP contribution is 2.20. The van der Waals surface area contributed by atoms with E-state index in [0.717, 1.165) is 23.1 Å². The van der Waals surface area contributed by atoms with Crippen LogP contribution in [0.2, 0.25) is 0 Å². The summed E-state index contributed by atoms with van der Waals surface area (Å²) in [6.45, 7) is 2.03. The fourth-order valence-electron chi connectivity index (χ4n) is 1.91. The number of carbonyl (C=O) groups is 1. The van der Waals surface area contributed by atoms with E-state index in [1.54, 1.807) is 22.8 Å². The number of aldehydes is 1. The Morgan fingerprint density at radius 3 is 2.78 bits per heavy atom. The molecule has 3 aromatic rings. The van der Waals surface area contributed by atoms with Crippen LogP contribution < -0.4 is 0 Å². The van der Waals surface area contributed by atoms with Gasteiger partial charge in [-0.05, 0) is 24.6 Å². The molecule has 0 amide bonds. The van der Waals surface area contributed by atoms with Crippen LogP contribution in [0.25, 0.3) is 17.0 Å². The fraction of sp³-hybridized carbons (Fsp3) is 0.0714. The molecule has 0 saturated heterocycles. The number of carbonyl (C=O) groups excluding carboxylic acids is 1. The lowest BCUT2D eigenvalue weighted by atomic mass is 10.1. The van der Waals surface area contributed by atoms with Crippen LogP contribution in [0.5, 0.6) is 0 Å². The molecule has 0 unspecified atom stereocenters. The largest absolute Gasteiger partial charge is 0.298 e. The van der Waals surface area contributed by atoms with Crippen molar-refractivity contribution < 1.29 is 4.79 Å². The summed E-state index contributed by atoms with van der Waals surface area (Å²) in [5, 5.41) is 4.40. The zero-order valence-corrected chi connectivity index (χ0v) is 9.87. The van der Waals surface area contributed by atoms with Crippen molar-refractivity contribution in [3.63, 3.8) is 0 Å². The number of nitrogens with zero attached hydrogens (tertiary/aromatic N) is 3. The van der Waals surface area contributed by atoms with Crippen molar-refractivity contribution in [2.45, 2.75) is 6.92 Å². The smallest absolute Gasteiger partial charge is 0.182 e. The summed E-state index contributed by atoms with van der Waals surface area (Å²) in [5.74, 6) is 0.677. The molecule has 88 valence electrons. The van der Waals surface area contributed by atoms with Crippen molar-refractivity contribution in [1.82, 2.24) is 14.6 Å². The molecular weight excluding hydrogens is 226 g/mol. The third-order valence-electron chi connectivity index (χ3n) is 2.88. The van der Waals surface area contributed by atoms with Crippen molar-refractivity contribution in [3.8, 4) is 11.4 Å². The quantitative estimate of drug-likeness (QED) is 0.643. The first-order valence-electron chi connectivity index (χ1n) is 5.65. The summed E-state index contributed by atoms with van der Waals surface area (Å²) in [4.78, 5) is 15.2. The lowest BCUT2D eigenvalue weighted by Crippen LogP contribution is -1.90. The predicted octanol–water partition coefficient (Wildman–Crippen LogP) is 2.52. The minimum Gasteiger partial charge on any atom is -0.298 e. The molecule has 2 heterocycles. The van der Waals surface area contributed by atoms with E-state index >= 15 is 0 Å². The van der Waals surface area contributed by atoms with E-state index in [-0.39, 0.29) is 0 Å². The molecule has 0 N–H and O–H groups in total. The zero-order chi connectivity index (χ0) is 12.5. The van der Waals surface area contributed by atoms with E-state index in [4.69, 9.17) is 0 Å². The molecule has 0 atom stereocenters. The van der Waals surface area contributed by atoms with Gasteiger partial charge in [-0.1, -0.05) is 24.3 Å². The van der Waals surface area contributed by atoms with Gasteiger partial charge in [0.1, 0.15) is 0 Å². The second-order valence-electron chi connectivity index (χ2n) is 4.13. The van der Waals surface area contributed by atoms with Crippen molar-refractivity contribution >= 4 is 11.9 Å². The summed E-state index contributed by atoms with van der Waals surface area (Å²) in [6.07, 6.45) is 2.48. The second kappa shape index (κ2) is 4.07. The molecule has 0 saturated carbocycles. The van der Waals surface area contributed by atoms with Gasteiger partial charge in [0.05, 0.1) is 0 Å². The number of pyridine rings is 1. The molecule has 2 aromatic heterocycles. The minimum atomic E-state index is 0.587. The zero-order valence-electron chi connectivity index (χ0n) is 9.87. The molecule has 0 aliphatic heterocycles. The summed E-state index contributed by atoms with van der Waals surface area (Å²) in [6, 6.07) is 11.5. The summed E-state index contributed by atoms with van der Waals surface area (Å²) >= 11 is 0. The molecule has 0 spiro atoms. The molecule has 18 heavy (non-hydrogen) atoms. The van der Waals surface area contributed by atoms with E-state index in [9.17, 15) is 4.79 Å². The van der Waals surface area contributed by atoms with Crippen LogP contribution in [-0.2, 0) is 0 Å². The SMILES string of the molecule is Cc1ccccc1-c1nc2ccc(C=O)cn2n1. The first kappa shape index (κ1) is 10.7. The fourth-order valence-corrected chi connectivity index (χ4v) is 1.91. The minimum absolute atomic E-state index is 0.587. The maximum Gasteiger partial charge on any atom is 0.182 e. The molecule has 4 nitrogen and oxygen atoms in total. The van der Waals surface area contributed by atoms with E-state index in [0.29, 0.717) is 11.4 Å². The van der Waals surface area contributed by atoms with Crippen LogP contribution in [0.4, 0.5) is 0 Å². The Hall–Kier alpha value is -2.49. The van der Waals surface area contributed by atoms with Gasteiger partial charge in [-0.3, -0.25) is 4.79 Å². The number of fused-ring (bicyclic) bond motifs is 1. The van der Waals surface area contributed by atoms with Crippen LogP contribution in [-0.4, -0.2) is 20.9 Å². The van der Waals surface area contributed by atoms with Gasteiger partial charge in [-0.25, -0.2) is 9.50 Å². The van der Waals surface area contributed by atoms with Crippen LogP contribution in [0.3, 0.4) is 0 Å². The highest BCUT2D eigenvalue weighted by atomic mass is 16.1. The molecule has 4 heteroatoms. The lowest BCUT2D eigenvalue weighted by Gasteiger charge is -1.98. The van der Waals surface area contributed by atoms with Gasteiger partial charge in [-0.2, -0.15) is 0 Å². The van der Waals surface area contributed by atoms with Gasteiger partial charge in [0.15, 0.2) is 17.8 Å². The Bertz CT molecular complexity index is 731. The molecule has 3 rings (SSSR count). The normalized spacial score (nSPS) is 10.7. The molecule has 0 aliphatic carbocycles. The first-order chi connectivity index (χ1) is 8.78. The van der Waals surface area contributed by atoms with Crippen molar-refractivity contribution in [3.05, 3.63) is 53.7 Å². The van der Waals surface area contributed by atoms with E-state index in [1.165, 1.54) is 0 Å². The Balaban J connectivity index is 2.19. The lowest BCUT2D eigenvalue weighted by molar-refractivity contribution is 0.112. The van der Waals surface area contributed by atoms with Crippen LogP contribution in [0, 0.1) is 6.92 Å². The number of hydrogen-bond acceptors (Lipinski definition) is 3. The average molecular weight is 237 g/mol. The van der Waals surface area contributed by atoms with Crippen LogP contribution in [0.1, 0.15) is 15.9 Å². The van der Waals surface area contributed by atoms with Crippen LogP contribution in [0.15, 0.2) is 42.6 Å². The van der Waals surface area contributed by atoms with Gasteiger partial charge in [0.2, 0.25) is 0 Å². The predicted molar refractivity (Wildman–Crippen MR) is 68.5 cm³/mol. The molecule has 0 aliphatic rings. The second-order valence-corrected chi connectivity index (χ2v) is 4.13.